The highest BCUT2D eigenvalue weighted by Gasteiger charge is 2.64. The van der Waals surface area contributed by atoms with Crippen LogP contribution in [0.2, 0.25) is 0 Å². The normalized spacial score (nSPS) is 26.7. The third-order valence-electron chi connectivity index (χ3n) is 7.57. The molecule has 0 aliphatic heterocycles. The van der Waals surface area contributed by atoms with Gasteiger partial charge in [-0.05, 0) is 44.5 Å². The van der Waals surface area contributed by atoms with E-state index in [0.29, 0.717) is 11.3 Å². The van der Waals surface area contributed by atoms with E-state index in [1.807, 2.05) is 0 Å². The van der Waals surface area contributed by atoms with Gasteiger partial charge in [0.15, 0.2) is 11.4 Å². The summed E-state index contributed by atoms with van der Waals surface area (Å²) < 4.78 is 0. The summed E-state index contributed by atoms with van der Waals surface area (Å²) in [6, 6.07) is 0.394. The molecule has 4 unspecified atom stereocenters. The number of aromatic hydroxyl groups is 1. The number of likely N-dealkylation sites (N-methyl/N-ethyl adjacent to an activating group) is 1. The fourth-order valence-corrected chi connectivity index (χ4v) is 6.11. The van der Waals surface area contributed by atoms with Gasteiger partial charge in [-0.25, -0.2) is 0 Å². The summed E-state index contributed by atoms with van der Waals surface area (Å²) in [6.45, 7) is 0. The summed E-state index contributed by atoms with van der Waals surface area (Å²) in [5.74, 6) is -7.78. The van der Waals surface area contributed by atoms with Gasteiger partial charge in [-0.15, -0.1) is 0 Å². The zero-order valence-electron chi connectivity index (χ0n) is 21.2. The molecule has 3 aliphatic carbocycles. The largest absolute Gasteiger partial charge is 0.508 e. The Morgan fingerprint density at radius 1 is 1.18 bits per heavy atom. The molecule has 1 saturated carbocycles. The Hall–Kier alpha value is -3.42. The number of phenols is 1. The van der Waals surface area contributed by atoms with E-state index in [1.54, 1.807) is 39.2 Å². The molecule has 1 aromatic rings. The molecule has 0 radical (unpaired) electrons. The lowest BCUT2D eigenvalue weighted by molar-refractivity contribution is -0.153. The smallest absolute Gasteiger partial charge is 0.255 e. The molecule has 0 heterocycles. The minimum atomic E-state index is -2.72. The minimum Gasteiger partial charge on any atom is -0.508 e. The second kappa shape index (κ2) is 9.40. The number of fused-ring (bicyclic) bond motifs is 3. The molecule has 12 nitrogen and oxygen atoms in total. The number of nitrogens with two attached hydrogens (primary N) is 1. The lowest BCUT2D eigenvalue weighted by Crippen LogP contribution is -2.65. The Bertz CT molecular complexity index is 1350. The first-order valence-electron chi connectivity index (χ1n) is 11.7. The summed E-state index contributed by atoms with van der Waals surface area (Å²) in [4.78, 5) is 54.4. The molecule has 4 atom stereocenters. The number of hydrogen-bond donors (Lipinski definition) is 6. The van der Waals surface area contributed by atoms with Gasteiger partial charge in [-0.2, -0.15) is 0 Å². The average Bonchev–Trinajstić information content (AvgIpc) is 2.82. The summed E-state index contributed by atoms with van der Waals surface area (Å²) in [6.07, 6.45) is 0.129. The van der Waals surface area contributed by atoms with Crippen molar-refractivity contribution in [2.24, 2.45) is 17.6 Å². The van der Waals surface area contributed by atoms with E-state index in [2.05, 4.69) is 21.2 Å². The highest BCUT2D eigenvalue weighted by molar-refractivity contribution is 9.09. The maximum atomic E-state index is 13.9. The predicted octanol–water partition coefficient (Wildman–Crippen LogP) is 0.363. The van der Waals surface area contributed by atoms with Crippen LogP contribution in [0, 0.1) is 11.8 Å². The van der Waals surface area contributed by atoms with Crippen LogP contribution in [-0.2, 0) is 25.6 Å². The number of carbonyl (C=O) groups is 4. The summed E-state index contributed by atoms with van der Waals surface area (Å²) >= 11 is 3.04. The molecular formula is C25H29BrN4O8. The number of carbonyl (C=O) groups excluding carboxylic acids is 4. The van der Waals surface area contributed by atoms with Crippen LogP contribution in [0.1, 0.15) is 17.5 Å². The van der Waals surface area contributed by atoms with Gasteiger partial charge < -0.3 is 36.4 Å². The Labute approximate surface area is 226 Å². The first-order valence-corrected chi connectivity index (χ1v) is 12.9. The molecule has 0 bridgehead atoms. The number of anilines is 2. The number of phenolic OH excluding ortho intramolecular Hbond substituents is 1. The number of ketones is 2. The maximum absolute atomic E-state index is 13.9. The molecule has 204 valence electrons. The molecule has 0 aromatic heterocycles. The molecular weight excluding hydrogens is 564 g/mol. The van der Waals surface area contributed by atoms with Crippen molar-refractivity contribution < 1.29 is 39.6 Å². The van der Waals surface area contributed by atoms with Crippen LogP contribution in [0.25, 0.3) is 5.76 Å². The quantitative estimate of drug-likeness (QED) is 0.158. The molecule has 0 spiro atoms. The molecule has 1 aromatic carbocycles. The van der Waals surface area contributed by atoms with Crippen molar-refractivity contribution in [1.29, 1.82) is 0 Å². The van der Waals surface area contributed by atoms with Gasteiger partial charge in [0.1, 0.15) is 22.8 Å². The van der Waals surface area contributed by atoms with Gasteiger partial charge in [0, 0.05) is 31.3 Å². The molecule has 1 fully saturated rings. The molecule has 3 aliphatic rings. The van der Waals surface area contributed by atoms with Crippen LogP contribution >= 0.6 is 15.9 Å². The number of aliphatic hydroxyl groups excluding tert-OH is 2. The van der Waals surface area contributed by atoms with Crippen LogP contribution in [-0.4, -0.2) is 93.9 Å². The van der Waals surface area contributed by atoms with Crippen molar-refractivity contribution in [2.45, 2.75) is 24.5 Å². The number of rotatable bonds is 5. The Balaban J connectivity index is 1.99. The monoisotopic (exact) mass is 592 g/mol. The Morgan fingerprint density at radius 3 is 2.34 bits per heavy atom. The standard InChI is InChI=1S/C25H29BrN4O8/c1-29(2)13-7-12(28-14(31)8-26)19(32)16-10(13)5-9-6-11-18(30(3)4)21(34)17(24(27)37)23(36)25(11,38)22(35)15(9)20(16)33/h7,9,11,18,32-33,36,38H,5-6,8H2,1-4H3,(H2,27,37)(H,28,31). The van der Waals surface area contributed by atoms with E-state index < -0.39 is 69.7 Å². The number of halogens is 1. The van der Waals surface area contributed by atoms with E-state index in [0.717, 1.165) is 0 Å². The van der Waals surface area contributed by atoms with Crippen LogP contribution in [0.4, 0.5) is 11.4 Å². The number of benzene rings is 1. The molecule has 38 heavy (non-hydrogen) atoms. The third-order valence-corrected chi connectivity index (χ3v) is 8.08. The molecule has 4 rings (SSSR count). The van der Waals surface area contributed by atoms with Gasteiger partial charge in [0.2, 0.25) is 11.7 Å². The Kier molecular flexibility index (Phi) is 6.83. The van der Waals surface area contributed by atoms with Crippen LogP contribution in [0.5, 0.6) is 5.75 Å². The molecule has 13 heteroatoms. The van der Waals surface area contributed by atoms with Crippen LogP contribution in [0.15, 0.2) is 23.0 Å². The van der Waals surface area contributed by atoms with E-state index in [9.17, 15) is 39.6 Å². The van der Waals surface area contributed by atoms with E-state index in [-0.39, 0.29) is 35.0 Å². The van der Waals surface area contributed by atoms with E-state index in [1.165, 1.54) is 4.90 Å². The van der Waals surface area contributed by atoms with E-state index >= 15 is 0 Å². The number of amides is 2. The van der Waals surface area contributed by atoms with Crippen LogP contribution in [0.3, 0.4) is 0 Å². The van der Waals surface area contributed by atoms with Gasteiger partial charge in [0.25, 0.3) is 5.91 Å². The van der Waals surface area contributed by atoms with Crippen molar-refractivity contribution in [1.82, 2.24) is 4.90 Å². The van der Waals surface area contributed by atoms with Crippen molar-refractivity contribution in [3.8, 4) is 5.75 Å². The van der Waals surface area contributed by atoms with E-state index in [4.69, 9.17) is 5.73 Å². The maximum Gasteiger partial charge on any atom is 0.255 e. The van der Waals surface area contributed by atoms with Gasteiger partial charge >= 0.3 is 0 Å². The van der Waals surface area contributed by atoms with Crippen molar-refractivity contribution in [2.75, 3.05) is 43.7 Å². The van der Waals surface area contributed by atoms with Crippen molar-refractivity contribution in [3.63, 3.8) is 0 Å². The molecule has 0 saturated heterocycles. The second-order valence-corrected chi connectivity index (χ2v) is 10.7. The SMILES string of the molecule is CN(C)c1cc(NC(=O)CBr)c(O)c2c1CC1CC3C(N(C)C)C(=O)C(C(N)=O)=C(O)C3(O)C(=O)C1=C2O. The number of primary amides is 1. The predicted molar refractivity (Wildman–Crippen MR) is 141 cm³/mol. The van der Waals surface area contributed by atoms with Gasteiger partial charge in [-0.1, -0.05) is 15.9 Å². The summed E-state index contributed by atoms with van der Waals surface area (Å²) in [5, 5.41) is 47.5. The molecule has 7 N–H and O–H groups in total. The highest BCUT2D eigenvalue weighted by atomic mass is 79.9. The Morgan fingerprint density at radius 2 is 1.82 bits per heavy atom. The number of nitrogens with zero attached hydrogens (tertiary/aromatic N) is 2. The number of alkyl halides is 1. The molecule has 2 amide bonds. The topological polar surface area (TPSA) is 194 Å². The number of Topliss-reactive ketones (excluding diaryl/α,β-unsaturated/α-hetero) is 2. The van der Waals surface area contributed by atoms with Crippen LogP contribution < -0.4 is 16.0 Å². The highest BCUT2D eigenvalue weighted by Crippen LogP contribution is 2.54. The summed E-state index contributed by atoms with van der Waals surface area (Å²) in [7, 11) is 6.55. The zero-order chi connectivity index (χ0) is 28.4. The number of hydrogen-bond acceptors (Lipinski definition) is 10. The van der Waals surface area contributed by atoms with Crippen molar-refractivity contribution >= 4 is 56.4 Å². The third kappa shape index (κ3) is 3.79. The number of nitrogens with one attached hydrogen (secondary N) is 1. The average molecular weight is 593 g/mol. The van der Waals surface area contributed by atoms with Gasteiger partial charge in [-0.3, -0.25) is 24.1 Å². The first-order chi connectivity index (χ1) is 17.7. The minimum absolute atomic E-state index is 0.00274. The summed E-state index contributed by atoms with van der Waals surface area (Å²) in [5.41, 5.74) is 2.44. The van der Waals surface area contributed by atoms with Crippen molar-refractivity contribution in [3.05, 3.63) is 34.1 Å². The number of aliphatic hydroxyl groups is 3. The lowest BCUT2D eigenvalue weighted by atomic mass is 9.57. The van der Waals surface area contributed by atoms with Gasteiger partial charge in [0.05, 0.1) is 22.6 Å². The zero-order valence-corrected chi connectivity index (χ0v) is 22.8. The fraction of sp³-hybridized carbons (Fsp3) is 0.440. The lowest BCUT2D eigenvalue weighted by Gasteiger charge is -2.50. The first kappa shape index (κ1) is 27.6. The fourth-order valence-electron chi connectivity index (χ4n) is 5.97. The second-order valence-electron chi connectivity index (χ2n) is 10.2.